The molecule has 1 aliphatic rings. The number of anilines is 5. The second-order valence-corrected chi connectivity index (χ2v) is 7.59. The second-order valence-electron chi connectivity index (χ2n) is 7.59. The van der Waals surface area contributed by atoms with Gasteiger partial charge in [-0.3, -0.25) is 4.79 Å². The lowest BCUT2D eigenvalue weighted by atomic mass is 10.0. The molecule has 6 nitrogen and oxygen atoms in total. The summed E-state index contributed by atoms with van der Waals surface area (Å²) in [6, 6.07) is 21.8. The highest BCUT2D eigenvalue weighted by molar-refractivity contribution is 6.06. The molecule has 1 amide bonds. The molecule has 0 aliphatic carbocycles. The zero-order chi connectivity index (χ0) is 21.1. The minimum Gasteiger partial charge on any atom is -0.399 e. The van der Waals surface area contributed by atoms with Crippen LogP contribution in [-0.4, -0.2) is 32.1 Å². The third-order valence-electron chi connectivity index (χ3n) is 5.61. The van der Waals surface area contributed by atoms with Gasteiger partial charge in [0.25, 0.3) is 5.91 Å². The number of carbonyl (C=O) groups excluding carboxylic acids is 1. The van der Waals surface area contributed by atoms with Crippen molar-refractivity contribution in [3.8, 4) is 0 Å². The number of hydrogen-bond donors (Lipinski definition) is 3. The molecular formula is C24H27N5O. The van der Waals surface area contributed by atoms with E-state index in [2.05, 4.69) is 39.4 Å². The lowest BCUT2D eigenvalue weighted by Gasteiger charge is -2.37. The molecule has 1 aliphatic heterocycles. The fraction of sp³-hybridized carbons (Fsp3) is 0.208. The number of amides is 1. The molecule has 6 heteroatoms. The molecule has 0 saturated carbocycles. The summed E-state index contributed by atoms with van der Waals surface area (Å²) in [5.74, 6) is -0.212. The summed E-state index contributed by atoms with van der Waals surface area (Å²) in [6.07, 6.45) is 0. The summed E-state index contributed by atoms with van der Waals surface area (Å²) in [6.45, 7) is 5.71. The second kappa shape index (κ2) is 8.37. The Morgan fingerprint density at radius 2 is 1.40 bits per heavy atom. The number of rotatable bonds is 4. The minimum absolute atomic E-state index is 0.212. The first kappa shape index (κ1) is 19.6. The van der Waals surface area contributed by atoms with Crippen LogP contribution in [0, 0.1) is 6.92 Å². The Hall–Kier alpha value is -3.67. The topological polar surface area (TPSA) is 87.6 Å². The van der Waals surface area contributed by atoms with Crippen LogP contribution in [0.3, 0.4) is 0 Å². The van der Waals surface area contributed by atoms with E-state index < -0.39 is 0 Å². The van der Waals surface area contributed by atoms with E-state index in [1.165, 1.54) is 5.69 Å². The van der Waals surface area contributed by atoms with Crippen LogP contribution in [-0.2, 0) is 0 Å². The van der Waals surface area contributed by atoms with E-state index in [0.717, 1.165) is 43.1 Å². The number of benzene rings is 3. The van der Waals surface area contributed by atoms with Crippen LogP contribution in [0.4, 0.5) is 28.4 Å². The Labute approximate surface area is 177 Å². The highest BCUT2D eigenvalue weighted by atomic mass is 16.1. The van der Waals surface area contributed by atoms with Crippen LogP contribution in [0.5, 0.6) is 0 Å². The van der Waals surface area contributed by atoms with Crippen LogP contribution in [0.1, 0.15) is 15.9 Å². The average molecular weight is 402 g/mol. The van der Waals surface area contributed by atoms with Gasteiger partial charge < -0.3 is 26.6 Å². The molecule has 1 heterocycles. The molecule has 0 radical (unpaired) electrons. The maximum atomic E-state index is 12.7. The highest BCUT2D eigenvalue weighted by Gasteiger charge is 2.18. The van der Waals surface area contributed by atoms with Crippen LogP contribution >= 0.6 is 0 Å². The fourth-order valence-electron chi connectivity index (χ4n) is 3.81. The zero-order valence-corrected chi connectivity index (χ0v) is 17.1. The van der Waals surface area contributed by atoms with Crippen molar-refractivity contribution in [1.82, 2.24) is 0 Å². The van der Waals surface area contributed by atoms with Crippen LogP contribution < -0.4 is 26.6 Å². The third-order valence-corrected chi connectivity index (χ3v) is 5.61. The summed E-state index contributed by atoms with van der Waals surface area (Å²) < 4.78 is 0. The third kappa shape index (κ3) is 4.17. The van der Waals surface area contributed by atoms with Gasteiger partial charge >= 0.3 is 0 Å². The predicted octanol–water partition coefficient (Wildman–Crippen LogP) is 3.74. The SMILES string of the molecule is Cc1c(N)cc(N)cc1C(=O)Nc1ccc(N2CCN(c3ccccc3)CC2)cc1. The van der Waals surface area contributed by atoms with E-state index in [-0.39, 0.29) is 5.91 Å². The molecule has 0 unspecified atom stereocenters. The zero-order valence-electron chi connectivity index (χ0n) is 17.1. The van der Waals surface area contributed by atoms with Gasteiger partial charge in [0.1, 0.15) is 0 Å². The number of nitrogens with one attached hydrogen (secondary N) is 1. The van der Waals surface area contributed by atoms with Crippen molar-refractivity contribution in [1.29, 1.82) is 0 Å². The molecule has 0 atom stereocenters. The smallest absolute Gasteiger partial charge is 0.256 e. The van der Waals surface area contributed by atoms with Crippen LogP contribution in [0.25, 0.3) is 0 Å². The molecular weight excluding hydrogens is 374 g/mol. The lowest BCUT2D eigenvalue weighted by Crippen LogP contribution is -2.46. The van der Waals surface area contributed by atoms with E-state index in [1.807, 2.05) is 37.3 Å². The highest BCUT2D eigenvalue weighted by Crippen LogP contribution is 2.24. The van der Waals surface area contributed by atoms with E-state index in [1.54, 1.807) is 12.1 Å². The molecule has 154 valence electrons. The minimum atomic E-state index is -0.212. The normalized spacial score (nSPS) is 13.9. The molecule has 0 bridgehead atoms. The molecule has 3 aromatic carbocycles. The van der Waals surface area contributed by atoms with Gasteiger partial charge in [-0.2, -0.15) is 0 Å². The largest absolute Gasteiger partial charge is 0.399 e. The summed E-state index contributed by atoms with van der Waals surface area (Å²) in [5, 5.41) is 2.94. The van der Waals surface area contributed by atoms with Gasteiger partial charge in [-0.15, -0.1) is 0 Å². The summed E-state index contributed by atoms with van der Waals surface area (Å²) in [4.78, 5) is 17.4. The Morgan fingerprint density at radius 1 is 0.833 bits per heavy atom. The molecule has 30 heavy (non-hydrogen) atoms. The van der Waals surface area contributed by atoms with Crippen molar-refractivity contribution in [3.63, 3.8) is 0 Å². The maximum Gasteiger partial charge on any atom is 0.256 e. The van der Waals surface area contributed by atoms with Crippen LogP contribution in [0.2, 0.25) is 0 Å². The number of piperazine rings is 1. The number of nitrogen functional groups attached to an aromatic ring is 2. The van der Waals surface area contributed by atoms with Crippen molar-refractivity contribution in [3.05, 3.63) is 77.9 Å². The van der Waals surface area contributed by atoms with Crippen molar-refractivity contribution in [2.45, 2.75) is 6.92 Å². The quantitative estimate of drug-likeness (QED) is 0.580. The van der Waals surface area contributed by atoms with E-state index >= 15 is 0 Å². The van der Waals surface area contributed by atoms with Gasteiger partial charge in [0.2, 0.25) is 0 Å². The summed E-state index contributed by atoms with van der Waals surface area (Å²) >= 11 is 0. The number of para-hydroxylation sites is 1. The summed E-state index contributed by atoms with van der Waals surface area (Å²) in [5.41, 5.74) is 17.2. The molecule has 0 spiro atoms. The van der Waals surface area contributed by atoms with E-state index in [0.29, 0.717) is 16.9 Å². The first-order chi connectivity index (χ1) is 14.5. The van der Waals surface area contributed by atoms with E-state index in [4.69, 9.17) is 11.5 Å². The van der Waals surface area contributed by atoms with Crippen molar-refractivity contribution >= 4 is 34.3 Å². The predicted molar refractivity (Wildman–Crippen MR) is 125 cm³/mol. The first-order valence-electron chi connectivity index (χ1n) is 10.1. The van der Waals surface area contributed by atoms with Crippen molar-refractivity contribution < 1.29 is 4.79 Å². The number of nitrogens with two attached hydrogens (primary N) is 2. The van der Waals surface area contributed by atoms with Gasteiger partial charge in [-0.05, 0) is 61.0 Å². The molecule has 1 fully saturated rings. The van der Waals surface area contributed by atoms with Gasteiger partial charge in [-0.1, -0.05) is 18.2 Å². The molecule has 3 aromatic rings. The lowest BCUT2D eigenvalue weighted by molar-refractivity contribution is 0.102. The molecule has 0 aromatic heterocycles. The van der Waals surface area contributed by atoms with Crippen molar-refractivity contribution in [2.24, 2.45) is 0 Å². The van der Waals surface area contributed by atoms with Crippen molar-refractivity contribution in [2.75, 3.05) is 52.8 Å². The standard InChI is InChI=1S/C24H27N5O/c1-17-22(15-18(25)16-23(17)26)24(30)27-19-7-9-21(10-8-19)29-13-11-28(12-14-29)20-5-3-2-4-6-20/h2-10,15-16H,11-14,25-26H2,1H3,(H,27,30). The fourth-order valence-corrected chi connectivity index (χ4v) is 3.81. The Bertz CT molecular complexity index is 1030. The average Bonchev–Trinajstić information content (AvgIpc) is 2.77. The van der Waals surface area contributed by atoms with E-state index in [9.17, 15) is 4.79 Å². The van der Waals surface area contributed by atoms with Crippen LogP contribution in [0.15, 0.2) is 66.7 Å². The summed E-state index contributed by atoms with van der Waals surface area (Å²) in [7, 11) is 0. The van der Waals surface area contributed by atoms with Gasteiger partial charge in [0, 0.05) is 60.2 Å². The van der Waals surface area contributed by atoms with Gasteiger partial charge in [-0.25, -0.2) is 0 Å². The number of carbonyl (C=O) groups is 1. The van der Waals surface area contributed by atoms with Gasteiger partial charge in [0.05, 0.1) is 0 Å². The number of nitrogens with zero attached hydrogens (tertiary/aromatic N) is 2. The van der Waals surface area contributed by atoms with Gasteiger partial charge in [0.15, 0.2) is 0 Å². The monoisotopic (exact) mass is 401 g/mol. The molecule has 5 N–H and O–H groups in total. The Kier molecular flexibility index (Phi) is 5.48. The first-order valence-corrected chi connectivity index (χ1v) is 10.1. The Balaban J connectivity index is 1.38. The molecule has 4 rings (SSSR count). The Morgan fingerprint density at radius 3 is 2.00 bits per heavy atom. The molecule has 1 saturated heterocycles. The maximum absolute atomic E-state index is 12.7. The number of hydrogen-bond acceptors (Lipinski definition) is 5.